The van der Waals surface area contributed by atoms with Crippen molar-refractivity contribution in [2.24, 2.45) is 0 Å². The van der Waals surface area contributed by atoms with Crippen LogP contribution >= 0.6 is 0 Å². The van der Waals surface area contributed by atoms with Crippen LogP contribution in [-0.2, 0) is 4.74 Å². The molecule has 1 aliphatic rings. The Morgan fingerprint density at radius 3 is 3.00 bits per heavy atom. The van der Waals surface area contributed by atoms with Crippen molar-refractivity contribution in [2.75, 3.05) is 6.61 Å². The van der Waals surface area contributed by atoms with Crippen molar-refractivity contribution in [3.63, 3.8) is 0 Å². The predicted octanol–water partition coefficient (Wildman–Crippen LogP) is 2.27. The van der Waals surface area contributed by atoms with Gasteiger partial charge in [-0.2, -0.15) is 0 Å². The lowest BCUT2D eigenvalue weighted by molar-refractivity contribution is 0.0894. The van der Waals surface area contributed by atoms with Gasteiger partial charge in [0.2, 0.25) is 5.78 Å². The first kappa shape index (κ1) is 9.90. The van der Waals surface area contributed by atoms with E-state index in [0.29, 0.717) is 18.1 Å². The Labute approximate surface area is 88.8 Å². The van der Waals surface area contributed by atoms with Gasteiger partial charge in [-0.3, -0.25) is 4.79 Å². The summed E-state index contributed by atoms with van der Waals surface area (Å²) < 4.78 is 5.31. The third-order valence-corrected chi connectivity index (χ3v) is 2.28. The van der Waals surface area contributed by atoms with Gasteiger partial charge in [-0.15, -0.1) is 0 Å². The molecule has 0 bridgehead atoms. The summed E-state index contributed by atoms with van der Waals surface area (Å²) >= 11 is 0. The molecular weight excluding hydrogens is 190 g/mol. The second kappa shape index (κ2) is 4.26. The predicted molar refractivity (Wildman–Crippen MR) is 56.6 cm³/mol. The molecule has 0 saturated carbocycles. The topological polar surface area (TPSA) is 39.2 Å². The number of carbonyl (C=O) groups is 1. The highest BCUT2D eigenvalue weighted by Gasteiger charge is 2.16. The Bertz CT molecular complexity index is 410. The van der Waals surface area contributed by atoms with Crippen LogP contribution in [0.25, 0.3) is 0 Å². The summed E-state index contributed by atoms with van der Waals surface area (Å²) in [7, 11) is 0. The van der Waals surface area contributed by atoms with Crippen LogP contribution in [0.15, 0.2) is 30.0 Å². The SMILES string of the molecule is Cc1cccc(C(=O)C2=CCCCO2)n1. The number of aromatic nitrogens is 1. The van der Waals surface area contributed by atoms with Gasteiger partial charge in [0.05, 0.1) is 6.61 Å². The van der Waals surface area contributed by atoms with Gasteiger partial charge in [0, 0.05) is 5.69 Å². The van der Waals surface area contributed by atoms with Crippen molar-refractivity contribution in [2.45, 2.75) is 19.8 Å². The maximum Gasteiger partial charge on any atom is 0.245 e. The third-order valence-electron chi connectivity index (χ3n) is 2.28. The van der Waals surface area contributed by atoms with Gasteiger partial charge in [0.15, 0.2) is 5.76 Å². The van der Waals surface area contributed by atoms with Gasteiger partial charge in [0.1, 0.15) is 5.69 Å². The molecule has 15 heavy (non-hydrogen) atoms. The Hall–Kier alpha value is -1.64. The van der Waals surface area contributed by atoms with Crippen LogP contribution in [-0.4, -0.2) is 17.4 Å². The monoisotopic (exact) mass is 203 g/mol. The average Bonchev–Trinajstić information content (AvgIpc) is 2.29. The molecule has 2 heterocycles. The minimum atomic E-state index is -0.113. The van der Waals surface area contributed by atoms with Crippen LogP contribution in [0, 0.1) is 6.92 Å². The molecule has 0 fully saturated rings. The van der Waals surface area contributed by atoms with Crippen LogP contribution in [0.3, 0.4) is 0 Å². The number of hydrogen-bond acceptors (Lipinski definition) is 3. The second-order valence-electron chi connectivity index (χ2n) is 3.55. The van der Waals surface area contributed by atoms with Gasteiger partial charge in [-0.05, 0) is 38.0 Å². The number of aryl methyl sites for hydroxylation is 1. The molecule has 3 heteroatoms. The van der Waals surface area contributed by atoms with E-state index in [-0.39, 0.29) is 5.78 Å². The molecule has 0 aliphatic carbocycles. The maximum absolute atomic E-state index is 11.9. The van der Waals surface area contributed by atoms with Crippen molar-refractivity contribution in [3.8, 4) is 0 Å². The summed E-state index contributed by atoms with van der Waals surface area (Å²) in [5.41, 5.74) is 1.31. The van der Waals surface area contributed by atoms with E-state index in [1.54, 1.807) is 6.07 Å². The first-order valence-corrected chi connectivity index (χ1v) is 5.09. The number of ether oxygens (including phenoxy) is 1. The van der Waals surface area contributed by atoms with Crippen LogP contribution in [0.2, 0.25) is 0 Å². The molecule has 0 N–H and O–H groups in total. The molecule has 78 valence electrons. The van der Waals surface area contributed by atoms with Crippen LogP contribution in [0.5, 0.6) is 0 Å². The number of carbonyl (C=O) groups excluding carboxylic acids is 1. The summed E-state index contributed by atoms with van der Waals surface area (Å²) in [5, 5.41) is 0. The number of ketones is 1. The van der Waals surface area contributed by atoms with Crippen molar-refractivity contribution < 1.29 is 9.53 Å². The van der Waals surface area contributed by atoms with E-state index in [9.17, 15) is 4.79 Å². The second-order valence-corrected chi connectivity index (χ2v) is 3.55. The van der Waals surface area contributed by atoms with E-state index < -0.39 is 0 Å². The summed E-state index contributed by atoms with van der Waals surface area (Å²) in [4.78, 5) is 16.1. The summed E-state index contributed by atoms with van der Waals surface area (Å²) in [6.45, 7) is 2.50. The summed E-state index contributed by atoms with van der Waals surface area (Å²) in [5.74, 6) is 0.331. The molecule has 0 saturated heterocycles. The molecule has 3 nitrogen and oxygen atoms in total. The highest BCUT2D eigenvalue weighted by Crippen LogP contribution is 2.14. The molecule has 1 aromatic rings. The Kier molecular flexibility index (Phi) is 2.81. The minimum absolute atomic E-state index is 0.113. The Morgan fingerprint density at radius 1 is 1.47 bits per heavy atom. The van der Waals surface area contributed by atoms with Gasteiger partial charge in [-0.25, -0.2) is 4.98 Å². The number of rotatable bonds is 2. The van der Waals surface area contributed by atoms with Crippen LogP contribution in [0.1, 0.15) is 29.0 Å². The van der Waals surface area contributed by atoms with E-state index in [2.05, 4.69) is 4.98 Å². The van der Waals surface area contributed by atoms with Gasteiger partial charge >= 0.3 is 0 Å². The lowest BCUT2D eigenvalue weighted by Crippen LogP contribution is -2.12. The Balaban J connectivity index is 2.24. The standard InChI is InChI=1S/C12H13NO2/c1-9-5-4-6-10(13-9)12(14)11-7-2-3-8-15-11/h4-7H,2-3,8H2,1H3. The normalized spacial score (nSPS) is 15.4. The van der Waals surface area contributed by atoms with E-state index >= 15 is 0 Å². The van der Waals surface area contributed by atoms with Crippen LogP contribution < -0.4 is 0 Å². The molecular formula is C12H13NO2. The highest BCUT2D eigenvalue weighted by atomic mass is 16.5. The molecule has 1 aliphatic heterocycles. The number of pyridine rings is 1. The first-order chi connectivity index (χ1) is 7.27. The van der Waals surface area contributed by atoms with E-state index in [4.69, 9.17) is 4.74 Å². The molecule has 0 spiro atoms. The lowest BCUT2D eigenvalue weighted by Gasteiger charge is -2.13. The quantitative estimate of drug-likeness (QED) is 0.692. The first-order valence-electron chi connectivity index (χ1n) is 5.09. The fourth-order valence-electron chi connectivity index (χ4n) is 1.51. The van der Waals surface area contributed by atoms with Crippen molar-refractivity contribution in [3.05, 3.63) is 41.4 Å². The van der Waals surface area contributed by atoms with Crippen molar-refractivity contribution >= 4 is 5.78 Å². The molecule has 2 rings (SSSR count). The van der Waals surface area contributed by atoms with Crippen molar-refractivity contribution in [1.82, 2.24) is 4.98 Å². The molecule has 0 amide bonds. The Morgan fingerprint density at radius 2 is 2.33 bits per heavy atom. The average molecular weight is 203 g/mol. The van der Waals surface area contributed by atoms with Crippen molar-refractivity contribution in [1.29, 1.82) is 0 Å². The molecule has 0 radical (unpaired) electrons. The van der Waals surface area contributed by atoms with Gasteiger partial charge in [-0.1, -0.05) is 6.07 Å². The van der Waals surface area contributed by atoms with E-state index in [1.807, 2.05) is 25.1 Å². The fourth-order valence-corrected chi connectivity index (χ4v) is 1.51. The number of Topliss-reactive ketones (excluding diaryl/α,β-unsaturated/α-hetero) is 1. The molecule has 0 atom stereocenters. The number of allylic oxidation sites excluding steroid dienone is 2. The smallest absolute Gasteiger partial charge is 0.245 e. The number of nitrogens with zero attached hydrogens (tertiary/aromatic N) is 1. The summed E-state index contributed by atoms with van der Waals surface area (Å²) in [6.07, 6.45) is 3.74. The zero-order valence-corrected chi connectivity index (χ0v) is 8.69. The zero-order chi connectivity index (χ0) is 10.7. The highest BCUT2D eigenvalue weighted by molar-refractivity contribution is 6.05. The number of hydrogen-bond donors (Lipinski definition) is 0. The molecule has 0 unspecified atom stereocenters. The van der Waals surface area contributed by atoms with Crippen LogP contribution in [0.4, 0.5) is 0 Å². The van der Waals surface area contributed by atoms with E-state index in [1.165, 1.54) is 0 Å². The fraction of sp³-hybridized carbons (Fsp3) is 0.333. The third kappa shape index (κ3) is 2.24. The maximum atomic E-state index is 11.9. The zero-order valence-electron chi connectivity index (χ0n) is 8.69. The van der Waals surface area contributed by atoms with Gasteiger partial charge in [0.25, 0.3) is 0 Å². The van der Waals surface area contributed by atoms with E-state index in [0.717, 1.165) is 18.5 Å². The molecule has 0 aromatic carbocycles. The minimum Gasteiger partial charge on any atom is -0.490 e. The summed E-state index contributed by atoms with van der Waals surface area (Å²) in [6, 6.07) is 5.42. The largest absolute Gasteiger partial charge is 0.490 e. The van der Waals surface area contributed by atoms with Gasteiger partial charge < -0.3 is 4.74 Å². The lowest BCUT2D eigenvalue weighted by atomic mass is 10.1. The molecule has 1 aromatic heterocycles.